The molecule has 0 atom stereocenters. The summed E-state index contributed by atoms with van der Waals surface area (Å²) in [6, 6.07) is 17.3. The molecule has 154 valence electrons. The number of para-hydroxylation sites is 1. The zero-order valence-corrected chi connectivity index (χ0v) is 17.3. The van der Waals surface area contributed by atoms with E-state index in [0.717, 1.165) is 46.8 Å². The number of piperazine rings is 1. The molecule has 0 radical (unpaired) electrons. The van der Waals surface area contributed by atoms with E-state index in [1.54, 1.807) is 4.40 Å². The minimum atomic E-state index is -0.0501. The molecule has 4 heterocycles. The molecule has 1 aliphatic rings. The third-order valence-electron chi connectivity index (χ3n) is 6.59. The van der Waals surface area contributed by atoms with Crippen LogP contribution in [0, 0.1) is 0 Å². The number of pyridine rings is 2. The molecule has 0 saturated carbocycles. The highest BCUT2D eigenvalue weighted by molar-refractivity contribution is 6.20. The van der Waals surface area contributed by atoms with E-state index in [9.17, 15) is 9.59 Å². The minimum Gasteiger partial charge on any atom is -0.335 e. The van der Waals surface area contributed by atoms with E-state index in [-0.39, 0.29) is 11.5 Å². The molecule has 1 aliphatic heterocycles. The molecule has 0 unspecified atom stereocenters. The summed E-state index contributed by atoms with van der Waals surface area (Å²) in [6.45, 7) is 6.33. The number of hydrogen-bond donors (Lipinski definition) is 0. The number of amides is 1. The molecule has 5 aromatic rings. The summed E-state index contributed by atoms with van der Waals surface area (Å²) in [5.74, 6) is -0.0416. The van der Waals surface area contributed by atoms with Gasteiger partial charge in [-0.1, -0.05) is 43.3 Å². The fourth-order valence-corrected chi connectivity index (χ4v) is 4.92. The van der Waals surface area contributed by atoms with Crippen LogP contribution >= 0.6 is 0 Å². The van der Waals surface area contributed by atoms with Gasteiger partial charge in [0.05, 0.1) is 16.6 Å². The molecule has 2 aromatic carbocycles. The van der Waals surface area contributed by atoms with Crippen molar-refractivity contribution in [2.45, 2.75) is 6.92 Å². The maximum absolute atomic E-state index is 13.4. The summed E-state index contributed by atoms with van der Waals surface area (Å²) >= 11 is 0. The quantitative estimate of drug-likeness (QED) is 0.419. The largest absolute Gasteiger partial charge is 0.335 e. The number of aromatic nitrogens is 2. The Morgan fingerprint density at radius 1 is 0.903 bits per heavy atom. The topological polar surface area (TPSA) is 57.9 Å². The first-order valence-electron chi connectivity index (χ1n) is 10.8. The summed E-state index contributed by atoms with van der Waals surface area (Å²) in [5.41, 5.74) is 2.74. The maximum Gasteiger partial charge on any atom is 0.272 e. The SMILES string of the molecule is CCN1CCN(C(=O)c2cc3c4ccccc4n4c(=O)c5ccccc5c(n2)c34)CC1. The van der Waals surface area contributed by atoms with E-state index in [4.69, 9.17) is 4.98 Å². The molecule has 6 rings (SSSR count). The molecule has 3 aromatic heterocycles. The Morgan fingerprint density at radius 3 is 2.32 bits per heavy atom. The van der Waals surface area contributed by atoms with Crippen molar-refractivity contribution < 1.29 is 4.79 Å². The summed E-state index contributed by atoms with van der Waals surface area (Å²) in [6.07, 6.45) is 0. The van der Waals surface area contributed by atoms with Gasteiger partial charge in [0.1, 0.15) is 5.69 Å². The summed E-state index contributed by atoms with van der Waals surface area (Å²) in [4.78, 5) is 35.8. The smallest absolute Gasteiger partial charge is 0.272 e. The zero-order chi connectivity index (χ0) is 21.1. The van der Waals surface area contributed by atoms with Gasteiger partial charge in [-0.15, -0.1) is 0 Å². The molecular formula is C25H22N4O2. The Kier molecular flexibility index (Phi) is 3.98. The lowest BCUT2D eigenvalue weighted by atomic mass is 10.1. The highest BCUT2D eigenvalue weighted by Gasteiger charge is 2.25. The first-order chi connectivity index (χ1) is 15.2. The van der Waals surface area contributed by atoms with Crippen LogP contribution in [0.3, 0.4) is 0 Å². The van der Waals surface area contributed by atoms with Gasteiger partial charge in [0.25, 0.3) is 11.5 Å². The van der Waals surface area contributed by atoms with Gasteiger partial charge in [-0.2, -0.15) is 0 Å². The Labute approximate surface area is 178 Å². The molecule has 6 nitrogen and oxygen atoms in total. The first-order valence-corrected chi connectivity index (χ1v) is 10.8. The number of rotatable bonds is 2. The Hall–Kier alpha value is -3.51. The zero-order valence-electron chi connectivity index (χ0n) is 17.3. The van der Waals surface area contributed by atoms with Gasteiger partial charge in [-0.3, -0.25) is 14.0 Å². The van der Waals surface area contributed by atoms with Crippen LogP contribution in [0.2, 0.25) is 0 Å². The lowest BCUT2D eigenvalue weighted by molar-refractivity contribution is 0.0638. The van der Waals surface area contributed by atoms with Crippen molar-refractivity contribution >= 4 is 44.0 Å². The van der Waals surface area contributed by atoms with Gasteiger partial charge in [0, 0.05) is 47.7 Å². The lowest BCUT2D eigenvalue weighted by Gasteiger charge is -2.33. The van der Waals surface area contributed by atoms with Crippen LogP contribution in [0.1, 0.15) is 17.4 Å². The fourth-order valence-electron chi connectivity index (χ4n) is 4.92. The van der Waals surface area contributed by atoms with Crippen molar-refractivity contribution in [1.82, 2.24) is 19.2 Å². The van der Waals surface area contributed by atoms with Gasteiger partial charge in [0.2, 0.25) is 0 Å². The number of benzene rings is 2. The van der Waals surface area contributed by atoms with Crippen molar-refractivity contribution in [1.29, 1.82) is 0 Å². The van der Waals surface area contributed by atoms with Crippen LogP contribution in [-0.2, 0) is 0 Å². The van der Waals surface area contributed by atoms with Crippen molar-refractivity contribution in [3.63, 3.8) is 0 Å². The first kappa shape index (κ1) is 18.3. The second kappa shape index (κ2) is 6.75. The van der Waals surface area contributed by atoms with Crippen molar-refractivity contribution in [3.05, 3.63) is 70.6 Å². The summed E-state index contributed by atoms with van der Waals surface area (Å²) in [7, 11) is 0. The molecule has 0 aliphatic carbocycles. The van der Waals surface area contributed by atoms with E-state index < -0.39 is 0 Å². The number of carbonyl (C=O) groups excluding carboxylic acids is 1. The molecular weight excluding hydrogens is 388 g/mol. The number of carbonyl (C=O) groups is 1. The summed E-state index contributed by atoms with van der Waals surface area (Å²) < 4.78 is 1.75. The summed E-state index contributed by atoms with van der Waals surface area (Å²) in [5, 5.41) is 3.27. The lowest BCUT2D eigenvalue weighted by Crippen LogP contribution is -2.48. The Bertz CT molecular complexity index is 1530. The molecule has 1 amide bonds. The molecule has 0 bridgehead atoms. The van der Waals surface area contributed by atoms with E-state index in [1.165, 1.54) is 0 Å². The van der Waals surface area contributed by atoms with Gasteiger partial charge in [-0.05, 0) is 24.7 Å². The highest BCUT2D eigenvalue weighted by atomic mass is 16.2. The van der Waals surface area contributed by atoms with Gasteiger partial charge >= 0.3 is 0 Å². The average molecular weight is 410 g/mol. The molecule has 1 fully saturated rings. The van der Waals surface area contributed by atoms with Gasteiger partial charge in [-0.25, -0.2) is 4.98 Å². The third-order valence-corrected chi connectivity index (χ3v) is 6.59. The predicted molar refractivity (Wildman–Crippen MR) is 123 cm³/mol. The van der Waals surface area contributed by atoms with Crippen molar-refractivity contribution in [2.24, 2.45) is 0 Å². The number of likely N-dealkylation sites (N-methyl/N-ethyl adjacent to an activating group) is 1. The second-order valence-electron chi connectivity index (χ2n) is 8.18. The van der Waals surface area contributed by atoms with Crippen molar-refractivity contribution in [2.75, 3.05) is 32.7 Å². The maximum atomic E-state index is 13.4. The fraction of sp³-hybridized carbons (Fsp3) is 0.240. The molecule has 0 N–H and O–H groups in total. The van der Waals surface area contributed by atoms with Crippen LogP contribution in [0.5, 0.6) is 0 Å². The van der Waals surface area contributed by atoms with Crippen LogP contribution in [-0.4, -0.2) is 57.8 Å². The third kappa shape index (κ3) is 2.58. The van der Waals surface area contributed by atoms with Crippen LogP contribution in [0.25, 0.3) is 38.1 Å². The Morgan fingerprint density at radius 2 is 1.58 bits per heavy atom. The molecule has 6 heteroatoms. The van der Waals surface area contributed by atoms with Crippen molar-refractivity contribution in [3.8, 4) is 0 Å². The molecule has 1 saturated heterocycles. The average Bonchev–Trinajstić information content (AvgIpc) is 3.17. The van der Waals surface area contributed by atoms with Gasteiger partial charge in [0.15, 0.2) is 0 Å². The van der Waals surface area contributed by atoms with E-state index >= 15 is 0 Å². The number of fused-ring (bicyclic) bond motifs is 5. The standard InChI is InChI=1S/C25H22N4O2/c1-2-27-11-13-28(14-12-27)25(31)20-15-19-16-7-5-6-10-21(16)29-23(19)22(26-20)17-8-3-4-9-18(17)24(29)30/h3-10,15H,2,11-14H2,1H3. The van der Waals surface area contributed by atoms with E-state index in [0.29, 0.717) is 29.7 Å². The van der Waals surface area contributed by atoms with Crippen LogP contribution in [0.4, 0.5) is 0 Å². The van der Waals surface area contributed by atoms with Crippen LogP contribution < -0.4 is 5.56 Å². The monoisotopic (exact) mass is 410 g/mol. The van der Waals surface area contributed by atoms with Gasteiger partial charge < -0.3 is 9.80 Å². The molecule has 31 heavy (non-hydrogen) atoms. The van der Waals surface area contributed by atoms with E-state index in [2.05, 4.69) is 11.8 Å². The van der Waals surface area contributed by atoms with E-state index in [1.807, 2.05) is 59.5 Å². The Balaban J connectivity index is 1.65. The minimum absolute atomic E-state index is 0.0416. The predicted octanol–water partition coefficient (Wildman–Crippen LogP) is 3.37. The normalized spacial score (nSPS) is 15.6. The second-order valence-corrected chi connectivity index (χ2v) is 8.18. The highest BCUT2D eigenvalue weighted by Crippen LogP contribution is 2.33. The van der Waals surface area contributed by atoms with Crippen LogP contribution in [0.15, 0.2) is 59.4 Å². The number of nitrogens with zero attached hydrogens (tertiary/aromatic N) is 4. The molecule has 0 spiro atoms. The number of hydrogen-bond acceptors (Lipinski definition) is 4.